The Bertz CT molecular complexity index is 5140. The van der Waals surface area contributed by atoms with Gasteiger partial charge in [-0.25, -0.2) is 33.7 Å². The van der Waals surface area contributed by atoms with Crippen LogP contribution in [0, 0.1) is 0 Å². The first kappa shape index (κ1) is 77.1. The molecule has 0 saturated heterocycles. The summed E-state index contributed by atoms with van der Waals surface area (Å²) in [6.45, 7) is 0. The zero-order chi connectivity index (χ0) is 67.6. The summed E-state index contributed by atoms with van der Waals surface area (Å²) >= 11 is 0. The SMILES string of the molecule is O=S(=O)([O-])c1ccc2cc(N=Nc3cc4c(O)c(c3)Cc3cc(N=Nc5ccc6cc(S(=O)(=O)[O-])ccc6c5)cc(c3O)Cc3cc(N=Nc5ccc6cc(S(=O)(=O)[O-])ccc6c5)cc(c3O)Cc3cc(N=Nc5ccc6cc(S(=O)(=O)[O-])ccc6c5)cc(c3O)C4)ccc2c1.[Na+].[Na+].[Na+].[Na+]. The van der Waals surface area contributed by atoms with Crippen molar-refractivity contribution in [2.75, 3.05) is 0 Å². The van der Waals surface area contributed by atoms with E-state index in [0.29, 0.717) is 65.8 Å². The molecule has 0 unspecified atom stereocenters. The van der Waals surface area contributed by atoms with Gasteiger partial charge in [0, 0.05) is 70.2 Å². The van der Waals surface area contributed by atoms with Crippen molar-refractivity contribution < 1.29 is 191 Å². The molecule has 480 valence electrons. The van der Waals surface area contributed by atoms with Gasteiger partial charge in [-0.3, -0.25) is 0 Å². The van der Waals surface area contributed by atoms with Gasteiger partial charge in [0.2, 0.25) is 0 Å². The molecule has 0 saturated carbocycles. The van der Waals surface area contributed by atoms with Gasteiger partial charge >= 0.3 is 118 Å². The summed E-state index contributed by atoms with van der Waals surface area (Å²) in [6, 6.07) is 46.7. The van der Waals surface area contributed by atoms with Crippen molar-refractivity contribution >= 4 is 129 Å². The van der Waals surface area contributed by atoms with Crippen LogP contribution in [0.25, 0.3) is 43.1 Å². The number of phenols is 4. The van der Waals surface area contributed by atoms with Crippen LogP contribution < -0.4 is 118 Å². The summed E-state index contributed by atoms with van der Waals surface area (Å²) in [5.41, 5.74) is 3.46. The summed E-state index contributed by atoms with van der Waals surface area (Å²) < 4.78 is 142. The topological polar surface area (TPSA) is 409 Å². The Hall–Kier alpha value is -7.08. The quantitative estimate of drug-likeness (QED) is 0.0775. The molecule has 24 nitrogen and oxygen atoms in total. The second-order valence-corrected chi connectivity index (χ2v) is 28.1. The van der Waals surface area contributed by atoms with E-state index in [9.17, 15) is 72.3 Å². The molecule has 1 aliphatic rings. The number of rotatable bonds is 12. The van der Waals surface area contributed by atoms with Gasteiger partial charge in [-0.15, -0.1) is 0 Å². The zero-order valence-corrected chi connectivity index (χ0v) is 64.5. The maximum Gasteiger partial charge on any atom is 1.00 e. The molecule has 0 atom stereocenters. The van der Waals surface area contributed by atoms with Gasteiger partial charge in [0.1, 0.15) is 63.5 Å². The zero-order valence-electron chi connectivity index (χ0n) is 53.2. The Kier molecular flexibility index (Phi) is 23.8. The smallest absolute Gasteiger partial charge is 0.744 e. The van der Waals surface area contributed by atoms with Gasteiger partial charge in [-0.05, 0) is 189 Å². The second kappa shape index (κ2) is 30.9. The Labute approximate surface area is 659 Å². The Morgan fingerprint density at radius 1 is 0.220 bits per heavy atom. The van der Waals surface area contributed by atoms with E-state index in [2.05, 4.69) is 40.9 Å². The molecule has 12 aromatic rings. The third kappa shape index (κ3) is 17.5. The molecule has 12 aromatic carbocycles. The summed E-state index contributed by atoms with van der Waals surface area (Å²) in [5.74, 6) is -1.13. The van der Waals surface area contributed by atoms with Crippen molar-refractivity contribution in [2.45, 2.75) is 45.3 Å². The van der Waals surface area contributed by atoms with Crippen LogP contribution in [0.3, 0.4) is 0 Å². The molecule has 0 amide bonds. The molecular weight excluding hydrogens is 1410 g/mol. The van der Waals surface area contributed by atoms with Gasteiger partial charge in [0.15, 0.2) is 0 Å². The minimum absolute atomic E-state index is 0. The first-order valence-electron chi connectivity index (χ1n) is 28.7. The molecule has 1 aliphatic carbocycles. The van der Waals surface area contributed by atoms with E-state index in [1.807, 2.05) is 0 Å². The number of fused-ring (bicyclic) bond motifs is 12. The van der Waals surface area contributed by atoms with E-state index in [1.165, 1.54) is 121 Å². The van der Waals surface area contributed by atoms with Crippen LogP contribution in [0.5, 0.6) is 23.0 Å². The fourth-order valence-electron chi connectivity index (χ4n) is 11.3. The predicted octanol–water partition coefficient (Wildman–Crippen LogP) is 3.09. The fourth-order valence-corrected chi connectivity index (χ4v) is 13.3. The summed E-state index contributed by atoms with van der Waals surface area (Å²) in [7, 11) is -19.0. The van der Waals surface area contributed by atoms with Crippen molar-refractivity contribution in [3.63, 3.8) is 0 Å². The van der Waals surface area contributed by atoms with Crippen LogP contribution in [-0.4, -0.2) is 72.3 Å². The predicted molar refractivity (Wildman–Crippen MR) is 348 cm³/mol. The summed E-state index contributed by atoms with van der Waals surface area (Å²) in [4.78, 5) is -1.66. The third-order valence-electron chi connectivity index (χ3n) is 16.0. The van der Waals surface area contributed by atoms with E-state index in [1.54, 1.807) is 72.8 Å². The van der Waals surface area contributed by atoms with E-state index < -0.39 is 60.1 Å². The van der Waals surface area contributed by atoms with Crippen LogP contribution in [0.1, 0.15) is 44.5 Å². The average molecular weight is 1450 g/mol. The Balaban J connectivity index is 0.00000292. The molecular formula is C68H44N8Na4O16S4. The van der Waals surface area contributed by atoms with Crippen LogP contribution in [-0.2, 0) is 66.2 Å². The van der Waals surface area contributed by atoms with Crippen molar-refractivity contribution in [3.8, 4) is 23.0 Å². The molecule has 100 heavy (non-hydrogen) atoms. The molecule has 0 fully saturated rings. The molecule has 0 aromatic heterocycles. The number of nitrogens with zero attached hydrogens (tertiary/aromatic N) is 8. The van der Waals surface area contributed by atoms with Crippen molar-refractivity contribution in [1.29, 1.82) is 0 Å². The maximum absolute atomic E-state index is 12.5. The van der Waals surface area contributed by atoms with Crippen molar-refractivity contribution in [1.82, 2.24) is 0 Å². The normalized spacial score (nSPS) is 12.8. The van der Waals surface area contributed by atoms with Crippen LogP contribution in [0.2, 0.25) is 0 Å². The van der Waals surface area contributed by atoms with Crippen LogP contribution >= 0.6 is 0 Å². The molecule has 32 heteroatoms. The number of benzene rings is 12. The summed E-state index contributed by atoms with van der Waals surface area (Å²) in [6.07, 6.45) is -0.933. The summed E-state index contributed by atoms with van der Waals surface area (Å²) in [5, 5.41) is 90.0. The molecule has 0 radical (unpaired) electrons. The van der Waals surface area contributed by atoms with Gasteiger partial charge in [-0.1, -0.05) is 48.5 Å². The largest absolute Gasteiger partial charge is 1.00 e. The minimum atomic E-state index is -4.75. The molecule has 8 bridgehead atoms. The average Bonchev–Trinajstić information content (AvgIpc) is 0.762. The molecule has 13 rings (SSSR count). The fraction of sp³-hybridized carbons (Fsp3) is 0.0588. The second-order valence-electron chi connectivity index (χ2n) is 22.5. The number of aromatic hydroxyl groups is 4. The molecule has 0 heterocycles. The Morgan fingerprint density at radius 2 is 0.370 bits per heavy atom. The third-order valence-corrected chi connectivity index (χ3v) is 19.3. The Morgan fingerprint density at radius 3 is 0.540 bits per heavy atom. The van der Waals surface area contributed by atoms with Crippen LogP contribution in [0.15, 0.2) is 255 Å². The first-order chi connectivity index (χ1) is 45.6. The first-order valence-corrected chi connectivity index (χ1v) is 34.3. The number of hydrogen-bond donors (Lipinski definition) is 4. The molecule has 0 aliphatic heterocycles. The maximum atomic E-state index is 12.5. The van der Waals surface area contributed by atoms with Crippen LogP contribution in [0.4, 0.5) is 45.5 Å². The number of hydrogen-bond acceptors (Lipinski definition) is 24. The number of phenolic OH excluding ortho intramolecular Hbond substituents is 4. The van der Waals surface area contributed by atoms with E-state index >= 15 is 0 Å². The standard InChI is InChI=1S/C68H48N8O16S4.4Na/c77-65-45-17-47-27-58(74-70-54-10-2-42-34-62(94(84,85)86)14-6-38(42)22-54)29-49(66(47)78)19-51-31-60(76-72-56-12-4-44-36-64(96(90,91)92)16-8-40(44)24-56)32-52(68(51)80)20-50-30-59(75-71-55-11-3-43-35-63(95(87,88)89)15-7-39(43)23-55)28-48(67(50)79)18-46(65)26-57(25-45)73-69-53-9-1-41-33-61(93(81,82)83)13-5-37(41)21-53;;;;/h1-16,21-36,77-80H,17-20H2,(H,81,82,83)(H,84,85,86)(H,87,88,89)(H,90,91,92);;;;/q;4*+1/p-4. The van der Waals surface area contributed by atoms with E-state index in [-0.39, 0.29) is 234 Å². The monoisotopic (exact) mass is 1450 g/mol. The van der Waals surface area contributed by atoms with E-state index in [0.717, 1.165) is 0 Å². The van der Waals surface area contributed by atoms with Gasteiger partial charge in [-0.2, -0.15) is 40.9 Å². The van der Waals surface area contributed by atoms with E-state index in [4.69, 9.17) is 0 Å². The molecule has 0 spiro atoms. The van der Waals surface area contributed by atoms with Gasteiger partial charge in [0.05, 0.1) is 65.1 Å². The molecule has 4 N–H and O–H groups in total. The van der Waals surface area contributed by atoms with Gasteiger partial charge in [0.25, 0.3) is 0 Å². The number of azo groups is 4. The van der Waals surface area contributed by atoms with Gasteiger partial charge < -0.3 is 38.6 Å². The minimum Gasteiger partial charge on any atom is -0.744 e. The van der Waals surface area contributed by atoms with Crippen molar-refractivity contribution in [2.24, 2.45) is 40.9 Å². The van der Waals surface area contributed by atoms with Crippen molar-refractivity contribution in [3.05, 3.63) is 239 Å².